The number of esters is 2. The van der Waals surface area contributed by atoms with Crippen LogP contribution >= 0.6 is 0 Å². The predicted molar refractivity (Wildman–Crippen MR) is 67.1 cm³/mol. The number of hydrogen-bond donors (Lipinski definition) is 0. The molecule has 0 N–H and O–H groups in total. The lowest BCUT2D eigenvalue weighted by Gasteiger charge is -2.22. The monoisotopic (exact) mass is 257 g/mol. The molecule has 1 saturated heterocycles. The van der Waals surface area contributed by atoms with E-state index in [0.717, 1.165) is 32.4 Å². The summed E-state index contributed by atoms with van der Waals surface area (Å²) in [5, 5.41) is 0. The van der Waals surface area contributed by atoms with E-state index in [0.29, 0.717) is 19.6 Å². The maximum Gasteiger partial charge on any atom is 0.323 e. The van der Waals surface area contributed by atoms with Crippen molar-refractivity contribution < 1.29 is 19.1 Å². The van der Waals surface area contributed by atoms with Crippen LogP contribution < -0.4 is 0 Å². The van der Waals surface area contributed by atoms with Gasteiger partial charge in [-0.15, -0.1) is 0 Å². The Morgan fingerprint density at radius 3 is 2.61 bits per heavy atom. The van der Waals surface area contributed by atoms with Gasteiger partial charge in [-0.3, -0.25) is 14.5 Å². The Labute approximate surface area is 108 Å². The number of hydrogen-bond acceptors (Lipinski definition) is 5. The molecule has 0 saturated carbocycles. The van der Waals surface area contributed by atoms with E-state index < -0.39 is 0 Å². The van der Waals surface area contributed by atoms with Crippen molar-refractivity contribution >= 4 is 11.9 Å². The van der Waals surface area contributed by atoms with Crippen molar-refractivity contribution in [2.45, 2.75) is 45.6 Å². The average Bonchev–Trinajstić information content (AvgIpc) is 2.78. The standard InChI is InChI=1S/C13H23NO4/c1-3-17-12(15)8-6-10-14-9-5-7-11(14)13(16)18-4-2/h11H,3-10H2,1-2H3. The summed E-state index contributed by atoms with van der Waals surface area (Å²) in [5.74, 6) is -0.296. The van der Waals surface area contributed by atoms with E-state index in [4.69, 9.17) is 9.47 Å². The first kappa shape index (κ1) is 15.0. The lowest BCUT2D eigenvalue weighted by Crippen LogP contribution is -2.38. The Morgan fingerprint density at radius 1 is 1.22 bits per heavy atom. The van der Waals surface area contributed by atoms with Crippen LogP contribution in [0, 0.1) is 0 Å². The minimum atomic E-state index is -0.163. The highest BCUT2D eigenvalue weighted by Gasteiger charge is 2.31. The summed E-state index contributed by atoms with van der Waals surface area (Å²) in [7, 11) is 0. The molecule has 0 amide bonds. The smallest absolute Gasteiger partial charge is 0.323 e. The van der Waals surface area contributed by atoms with Crippen LogP contribution in [0.3, 0.4) is 0 Å². The molecule has 0 aliphatic carbocycles. The molecule has 0 radical (unpaired) electrons. The maximum absolute atomic E-state index is 11.7. The van der Waals surface area contributed by atoms with Crippen LogP contribution in [0.5, 0.6) is 0 Å². The summed E-state index contributed by atoms with van der Waals surface area (Å²) >= 11 is 0. The molecule has 1 heterocycles. The lowest BCUT2D eigenvalue weighted by atomic mass is 10.2. The molecule has 0 aromatic rings. The summed E-state index contributed by atoms with van der Waals surface area (Å²) < 4.78 is 9.92. The summed E-state index contributed by atoms with van der Waals surface area (Å²) in [6, 6.07) is -0.118. The van der Waals surface area contributed by atoms with Crippen LogP contribution in [-0.4, -0.2) is 49.2 Å². The van der Waals surface area contributed by atoms with Gasteiger partial charge in [0.1, 0.15) is 6.04 Å². The van der Waals surface area contributed by atoms with Gasteiger partial charge in [0.25, 0.3) is 0 Å². The molecule has 1 aliphatic heterocycles. The Hall–Kier alpha value is -1.10. The van der Waals surface area contributed by atoms with E-state index in [9.17, 15) is 9.59 Å². The van der Waals surface area contributed by atoms with Gasteiger partial charge in [0.15, 0.2) is 0 Å². The number of rotatable bonds is 7. The van der Waals surface area contributed by atoms with Crippen LogP contribution in [0.25, 0.3) is 0 Å². The van der Waals surface area contributed by atoms with E-state index in [1.165, 1.54) is 0 Å². The Kier molecular flexibility index (Phi) is 6.72. The van der Waals surface area contributed by atoms with E-state index in [1.807, 2.05) is 6.92 Å². The number of carbonyl (C=O) groups excluding carboxylic acids is 2. The van der Waals surface area contributed by atoms with Gasteiger partial charge >= 0.3 is 11.9 Å². The average molecular weight is 257 g/mol. The zero-order chi connectivity index (χ0) is 13.4. The second kappa shape index (κ2) is 8.08. The van der Waals surface area contributed by atoms with Crippen molar-refractivity contribution in [3.63, 3.8) is 0 Å². The molecular formula is C13H23NO4. The lowest BCUT2D eigenvalue weighted by molar-refractivity contribution is -0.148. The molecule has 1 fully saturated rings. The predicted octanol–water partition coefficient (Wildman–Crippen LogP) is 1.36. The molecule has 0 aromatic heterocycles. The molecule has 0 bridgehead atoms. The van der Waals surface area contributed by atoms with Gasteiger partial charge in [-0.25, -0.2) is 0 Å². The molecule has 0 aromatic carbocycles. The third kappa shape index (κ3) is 4.64. The van der Waals surface area contributed by atoms with Crippen LogP contribution in [0.1, 0.15) is 39.5 Å². The molecule has 1 rings (SSSR count). The second-order valence-electron chi connectivity index (χ2n) is 4.35. The number of carbonyl (C=O) groups is 2. The first-order chi connectivity index (χ1) is 8.69. The van der Waals surface area contributed by atoms with Gasteiger partial charge in [-0.2, -0.15) is 0 Å². The molecular weight excluding hydrogens is 234 g/mol. The van der Waals surface area contributed by atoms with Crippen molar-refractivity contribution in [2.24, 2.45) is 0 Å². The van der Waals surface area contributed by atoms with Gasteiger partial charge in [-0.1, -0.05) is 0 Å². The first-order valence-electron chi connectivity index (χ1n) is 6.75. The van der Waals surface area contributed by atoms with Crippen LogP contribution in [0.2, 0.25) is 0 Å². The Morgan fingerprint density at radius 2 is 1.94 bits per heavy atom. The van der Waals surface area contributed by atoms with Crippen molar-refractivity contribution in [2.75, 3.05) is 26.3 Å². The van der Waals surface area contributed by atoms with Gasteiger partial charge < -0.3 is 9.47 Å². The molecule has 104 valence electrons. The van der Waals surface area contributed by atoms with Crippen molar-refractivity contribution in [1.82, 2.24) is 4.90 Å². The summed E-state index contributed by atoms with van der Waals surface area (Å²) in [6.45, 7) is 6.13. The highest BCUT2D eigenvalue weighted by molar-refractivity contribution is 5.76. The summed E-state index contributed by atoms with van der Waals surface area (Å²) in [4.78, 5) is 25.0. The molecule has 18 heavy (non-hydrogen) atoms. The van der Waals surface area contributed by atoms with E-state index in [1.54, 1.807) is 6.92 Å². The Balaban J connectivity index is 2.28. The fraction of sp³-hybridized carbons (Fsp3) is 0.846. The van der Waals surface area contributed by atoms with Crippen molar-refractivity contribution in [1.29, 1.82) is 0 Å². The SMILES string of the molecule is CCOC(=O)CCCN1CCCC1C(=O)OCC. The normalized spacial score (nSPS) is 19.8. The third-order valence-electron chi connectivity index (χ3n) is 3.05. The van der Waals surface area contributed by atoms with Crippen LogP contribution in [0.15, 0.2) is 0 Å². The maximum atomic E-state index is 11.7. The molecule has 0 spiro atoms. The minimum Gasteiger partial charge on any atom is -0.466 e. The van der Waals surface area contributed by atoms with Crippen LogP contribution in [0.4, 0.5) is 0 Å². The highest BCUT2D eigenvalue weighted by Crippen LogP contribution is 2.19. The van der Waals surface area contributed by atoms with E-state index >= 15 is 0 Å². The topological polar surface area (TPSA) is 55.8 Å². The number of nitrogens with zero attached hydrogens (tertiary/aromatic N) is 1. The third-order valence-corrected chi connectivity index (χ3v) is 3.05. The van der Waals surface area contributed by atoms with Crippen molar-refractivity contribution in [3.8, 4) is 0 Å². The highest BCUT2D eigenvalue weighted by atomic mass is 16.5. The first-order valence-corrected chi connectivity index (χ1v) is 6.75. The second-order valence-corrected chi connectivity index (χ2v) is 4.35. The fourth-order valence-corrected chi connectivity index (χ4v) is 2.26. The fourth-order valence-electron chi connectivity index (χ4n) is 2.26. The number of ether oxygens (including phenoxy) is 2. The van der Waals surface area contributed by atoms with Gasteiger partial charge in [0.05, 0.1) is 13.2 Å². The van der Waals surface area contributed by atoms with Gasteiger partial charge in [-0.05, 0) is 46.2 Å². The summed E-state index contributed by atoms with van der Waals surface area (Å²) in [6.07, 6.45) is 3.02. The van der Waals surface area contributed by atoms with E-state index in [-0.39, 0.29) is 18.0 Å². The minimum absolute atomic E-state index is 0.118. The molecule has 1 unspecified atom stereocenters. The quantitative estimate of drug-likeness (QED) is 0.644. The van der Waals surface area contributed by atoms with Gasteiger partial charge in [0, 0.05) is 6.42 Å². The molecule has 5 nitrogen and oxygen atoms in total. The Bertz CT molecular complexity index is 280. The largest absolute Gasteiger partial charge is 0.466 e. The van der Waals surface area contributed by atoms with E-state index in [2.05, 4.69) is 4.90 Å². The van der Waals surface area contributed by atoms with Gasteiger partial charge in [0.2, 0.25) is 0 Å². The zero-order valence-corrected chi connectivity index (χ0v) is 11.3. The zero-order valence-electron chi connectivity index (χ0n) is 11.3. The number of likely N-dealkylation sites (tertiary alicyclic amines) is 1. The van der Waals surface area contributed by atoms with Crippen molar-refractivity contribution in [3.05, 3.63) is 0 Å². The molecule has 1 aliphatic rings. The summed E-state index contributed by atoms with van der Waals surface area (Å²) in [5.41, 5.74) is 0. The van der Waals surface area contributed by atoms with Crippen LogP contribution in [-0.2, 0) is 19.1 Å². The molecule has 1 atom stereocenters. The molecule has 5 heteroatoms.